The van der Waals surface area contributed by atoms with E-state index < -0.39 is 24.2 Å². The first-order valence-electron chi connectivity index (χ1n) is 12.3. The number of epoxide rings is 1. The molecule has 1 saturated heterocycles. The van der Waals surface area contributed by atoms with Gasteiger partial charge in [-0.15, -0.1) is 11.8 Å². The van der Waals surface area contributed by atoms with E-state index in [-0.39, 0.29) is 35.8 Å². The molecule has 10 nitrogen and oxygen atoms in total. The number of carbonyl (C=O) groups is 3. The number of anilines is 1. The standard InChI is InChI=1S/C26H37N3O7S/c1-16(2)10-12-34-17(3)23-24(33-4)20(9-11-26(23)15-35-26)36-25(32)29-22(31)14-37-19-7-5-18(6-8-19)28-21(30)13-27/h5-8,10,17,20,23-24H,9,11-15,27H2,1-4H3,(H,28,30)(H,29,31,32)/t17-,20?,23?,24?,26-/m0/s1. The van der Waals surface area contributed by atoms with Gasteiger partial charge in [-0.1, -0.05) is 11.6 Å². The molecular formula is C26H37N3O7S. The molecule has 11 heteroatoms. The second kappa shape index (κ2) is 13.4. The van der Waals surface area contributed by atoms with Crippen molar-refractivity contribution in [3.8, 4) is 0 Å². The Kier molecular flexibility index (Phi) is 10.5. The summed E-state index contributed by atoms with van der Waals surface area (Å²) in [6.07, 6.45) is 1.37. The Balaban J connectivity index is 1.50. The van der Waals surface area contributed by atoms with Crippen molar-refractivity contribution in [1.82, 2.24) is 5.32 Å². The van der Waals surface area contributed by atoms with Gasteiger partial charge >= 0.3 is 6.09 Å². The normalized spacial score (nSPS) is 25.2. The van der Waals surface area contributed by atoms with Crippen LogP contribution in [0, 0.1) is 5.92 Å². The molecule has 1 aliphatic heterocycles. The largest absolute Gasteiger partial charge is 0.443 e. The number of nitrogens with one attached hydrogen (secondary N) is 2. The second-order valence-electron chi connectivity index (χ2n) is 9.50. The number of imide groups is 1. The minimum absolute atomic E-state index is 0.0246. The number of allylic oxidation sites excluding steroid dienone is 1. The number of alkyl carbamates (subject to hydrolysis) is 1. The minimum Gasteiger partial charge on any atom is -0.443 e. The lowest BCUT2D eigenvalue weighted by Crippen LogP contribution is -2.55. The molecule has 37 heavy (non-hydrogen) atoms. The number of hydrogen-bond donors (Lipinski definition) is 3. The molecule has 0 aromatic heterocycles. The van der Waals surface area contributed by atoms with Gasteiger partial charge in [0.25, 0.3) is 0 Å². The van der Waals surface area contributed by atoms with Crippen LogP contribution in [-0.4, -0.2) is 74.4 Å². The molecule has 1 aromatic rings. The number of methoxy groups -OCH3 is 1. The van der Waals surface area contributed by atoms with Crippen molar-refractivity contribution in [3.63, 3.8) is 0 Å². The molecule has 4 N–H and O–H groups in total. The first-order valence-corrected chi connectivity index (χ1v) is 13.3. The second-order valence-corrected chi connectivity index (χ2v) is 10.5. The molecule has 0 radical (unpaired) electrons. The Morgan fingerprint density at radius 1 is 1.24 bits per heavy atom. The van der Waals surface area contributed by atoms with E-state index in [4.69, 9.17) is 24.7 Å². The van der Waals surface area contributed by atoms with Crippen LogP contribution in [0.1, 0.15) is 33.6 Å². The van der Waals surface area contributed by atoms with Crippen LogP contribution in [0.25, 0.3) is 0 Å². The average molecular weight is 536 g/mol. The van der Waals surface area contributed by atoms with E-state index >= 15 is 0 Å². The van der Waals surface area contributed by atoms with Gasteiger partial charge in [0, 0.05) is 23.6 Å². The van der Waals surface area contributed by atoms with Gasteiger partial charge in [-0.3, -0.25) is 14.9 Å². The third-order valence-electron chi connectivity index (χ3n) is 6.52. The Labute approximate surface area is 222 Å². The van der Waals surface area contributed by atoms with E-state index in [1.165, 1.54) is 17.3 Å². The number of carbonyl (C=O) groups excluding carboxylic acids is 3. The first-order chi connectivity index (χ1) is 17.7. The third kappa shape index (κ3) is 8.27. The highest BCUT2D eigenvalue weighted by Crippen LogP contribution is 2.49. The van der Waals surface area contributed by atoms with E-state index in [2.05, 4.69) is 10.6 Å². The number of nitrogens with two attached hydrogens (primary N) is 1. The van der Waals surface area contributed by atoms with Gasteiger partial charge < -0.3 is 30.0 Å². The summed E-state index contributed by atoms with van der Waals surface area (Å²) in [7, 11) is 1.59. The summed E-state index contributed by atoms with van der Waals surface area (Å²) < 4.78 is 23.3. The molecule has 0 bridgehead atoms. The Morgan fingerprint density at radius 3 is 2.54 bits per heavy atom. The van der Waals surface area contributed by atoms with Gasteiger partial charge in [0.15, 0.2) is 0 Å². The molecule has 3 amide bonds. The van der Waals surface area contributed by atoms with Crippen LogP contribution < -0.4 is 16.4 Å². The highest BCUT2D eigenvalue weighted by atomic mass is 32.2. The van der Waals surface area contributed by atoms with Crippen molar-refractivity contribution in [2.45, 2.75) is 62.4 Å². The number of amides is 3. The lowest BCUT2D eigenvalue weighted by molar-refractivity contribution is -0.139. The Hall–Kier alpha value is -2.44. The zero-order valence-corrected chi connectivity index (χ0v) is 22.6. The number of ether oxygens (including phenoxy) is 4. The molecule has 2 aliphatic rings. The summed E-state index contributed by atoms with van der Waals surface area (Å²) in [5.74, 6) is -0.851. The van der Waals surface area contributed by atoms with Crippen molar-refractivity contribution < 1.29 is 33.3 Å². The molecule has 2 fully saturated rings. The number of rotatable bonds is 11. The summed E-state index contributed by atoms with van der Waals surface area (Å²) in [4.78, 5) is 37.0. The van der Waals surface area contributed by atoms with Crippen molar-refractivity contribution in [3.05, 3.63) is 35.9 Å². The zero-order valence-electron chi connectivity index (χ0n) is 21.8. The quantitative estimate of drug-likeness (QED) is 0.221. The van der Waals surface area contributed by atoms with E-state index in [0.29, 0.717) is 25.3 Å². The van der Waals surface area contributed by atoms with Crippen LogP contribution in [-0.2, 0) is 28.5 Å². The van der Waals surface area contributed by atoms with Crippen LogP contribution in [0.15, 0.2) is 40.8 Å². The summed E-state index contributed by atoms with van der Waals surface area (Å²) in [6.45, 7) is 7.03. The lowest BCUT2D eigenvalue weighted by Gasteiger charge is -2.42. The topological polar surface area (TPSA) is 142 Å². The lowest BCUT2D eigenvalue weighted by atomic mass is 9.73. The van der Waals surface area contributed by atoms with E-state index in [9.17, 15) is 14.4 Å². The Morgan fingerprint density at radius 2 is 1.95 bits per heavy atom. The molecule has 1 aliphatic carbocycles. The molecule has 204 valence electrons. The van der Waals surface area contributed by atoms with Gasteiger partial charge in [0.2, 0.25) is 11.8 Å². The summed E-state index contributed by atoms with van der Waals surface area (Å²) in [5, 5.41) is 4.94. The molecule has 5 atom stereocenters. The van der Waals surface area contributed by atoms with E-state index in [1.807, 2.05) is 26.8 Å². The SMILES string of the molecule is COC1C(OC(=O)NC(=O)CSc2ccc(NC(=O)CN)cc2)CC[C@]2(CO2)C1[C@H](C)OCC=C(C)C. The highest BCUT2D eigenvalue weighted by Gasteiger charge is 2.61. The van der Waals surface area contributed by atoms with Crippen molar-refractivity contribution in [2.75, 3.05) is 37.9 Å². The zero-order chi connectivity index (χ0) is 27.0. The fraction of sp³-hybridized carbons (Fsp3) is 0.577. The molecule has 3 rings (SSSR count). The number of benzene rings is 1. The molecule has 1 saturated carbocycles. The summed E-state index contributed by atoms with van der Waals surface area (Å²) in [6, 6.07) is 6.97. The average Bonchev–Trinajstić information content (AvgIpc) is 3.63. The van der Waals surface area contributed by atoms with Gasteiger partial charge in [-0.2, -0.15) is 0 Å². The van der Waals surface area contributed by atoms with Crippen LogP contribution in [0.3, 0.4) is 0 Å². The van der Waals surface area contributed by atoms with Crippen LogP contribution >= 0.6 is 11.8 Å². The first kappa shape index (κ1) is 29.1. The Bertz CT molecular complexity index is 977. The maximum absolute atomic E-state index is 12.5. The predicted octanol–water partition coefficient (Wildman–Crippen LogP) is 2.86. The molecule has 1 heterocycles. The molecule has 1 aromatic carbocycles. The molecular weight excluding hydrogens is 498 g/mol. The van der Waals surface area contributed by atoms with Crippen molar-refractivity contribution in [1.29, 1.82) is 0 Å². The van der Waals surface area contributed by atoms with Crippen LogP contribution in [0.4, 0.5) is 10.5 Å². The number of thioether (sulfide) groups is 1. The number of hydrogen-bond acceptors (Lipinski definition) is 9. The highest BCUT2D eigenvalue weighted by molar-refractivity contribution is 8.00. The van der Waals surface area contributed by atoms with E-state index in [1.54, 1.807) is 31.4 Å². The predicted molar refractivity (Wildman–Crippen MR) is 140 cm³/mol. The third-order valence-corrected chi connectivity index (χ3v) is 7.53. The monoisotopic (exact) mass is 535 g/mol. The van der Waals surface area contributed by atoms with Crippen LogP contribution in [0.2, 0.25) is 0 Å². The van der Waals surface area contributed by atoms with Gasteiger partial charge in [0.05, 0.1) is 37.2 Å². The maximum atomic E-state index is 12.5. The smallest absolute Gasteiger partial charge is 0.414 e. The van der Waals surface area contributed by atoms with Gasteiger partial charge in [0.1, 0.15) is 12.2 Å². The molecule has 1 spiro atoms. The molecule has 3 unspecified atom stereocenters. The van der Waals surface area contributed by atoms with Crippen LogP contribution in [0.5, 0.6) is 0 Å². The van der Waals surface area contributed by atoms with Gasteiger partial charge in [-0.05, 0) is 57.9 Å². The van der Waals surface area contributed by atoms with Crippen molar-refractivity contribution >= 4 is 35.4 Å². The maximum Gasteiger partial charge on any atom is 0.414 e. The summed E-state index contributed by atoms with van der Waals surface area (Å²) >= 11 is 1.26. The van der Waals surface area contributed by atoms with Gasteiger partial charge in [-0.25, -0.2) is 4.79 Å². The fourth-order valence-electron chi connectivity index (χ4n) is 4.58. The summed E-state index contributed by atoms with van der Waals surface area (Å²) in [5.41, 5.74) is 6.75. The van der Waals surface area contributed by atoms with E-state index in [0.717, 1.165) is 11.3 Å². The minimum atomic E-state index is -0.804. The fourth-order valence-corrected chi connectivity index (χ4v) is 5.28. The van der Waals surface area contributed by atoms with Crippen molar-refractivity contribution in [2.24, 2.45) is 11.7 Å².